The minimum atomic E-state index is -0.422. The SMILES string of the molecule is O=C(N[C@H](CO)c1ccccc1)c1ccncc1Br. The maximum atomic E-state index is 12.1. The maximum absolute atomic E-state index is 12.1. The quantitative estimate of drug-likeness (QED) is 0.908. The van der Waals surface area contributed by atoms with Gasteiger partial charge in [-0.05, 0) is 27.6 Å². The molecule has 0 bridgehead atoms. The Kier molecular flexibility index (Phi) is 4.65. The third kappa shape index (κ3) is 3.39. The Hall–Kier alpha value is -1.72. The largest absolute Gasteiger partial charge is 0.394 e. The van der Waals surface area contributed by atoms with Crippen molar-refractivity contribution >= 4 is 21.8 Å². The summed E-state index contributed by atoms with van der Waals surface area (Å²) in [6, 6.07) is 10.6. The predicted octanol–water partition coefficient (Wildman–Crippen LogP) is 2.31. The smallest absolute Gasteiger partial charge is 0.253 e. The highest BCUT2D eigenvalue weighted by Gasteiger charge is 2.16. The predicted molar refractivity (Wildman–Crippen MR) is 75.7 cm³/mol. The van der Waals surface area contributed by atoms with E-state index in [4.69, 9.17) is 0 Å². The number of carbonyl (C=O) groups excluding carboxylic acids is 1. The third-order valence-electron chi connectivity index (χ3n) is 2.71. The fraction of sp³-hybridized carbons (Fsp3) is 0.143. The van der Waals surface area contributed by atoms with E-state index < -0.39 is 6.04 Å². The fourth-order valence-electron chi connectivity index (χ4n) is 1.72. The topological polar surface area (TPSA) is 62.2 Å². The van der Waals surface area contributed by atoms with Crippen molar-refractivity contribution in [3.05, 3.63) is 64.4 Å². The Morgan fingerprint density at radius 1 is 1.32 bits per heavy atom. The number of nitrogens with one attached hydrogen (secondary N) is 1. The van der Waals surface area contributed by atoms with Crippen LogP contribution in [0.5, 0.6) is 0 Å². The van der Waals surface area contributed by atoms with E-state index in [0.29, 0.717) is 10.0 Å². The van der Waals surface area contributed by atoms with Gasteiger partial charge in [0.15, 0.2) is 0 Å². The van der Waals surface area contributed by atoms with Crippen molar-refractivity contribution in [3.8, 4) is 0 Å². The van der Waals surface area contributed by atoms with Crippen LogP contribution in [0.4, 0.5) is 0 Å². The number of hydrogen-bond donors (Lipinski definition) is 2. The number of hydrogen-bond acceptors (Lipinski definition) is 3. The number of aromatic nitrogens is 1. The van der Waals surface area contributed by atoms with Crippen LogP contribution in [0.1, 0.15) is 22.0 Å². The molecule has 0 fully saturated rings. The molecule has 0 spiro atoms. The number of halogens is 1. The van der Waals surface area contributed by atoms with E-state index in [1.54, 1.807) is 18.5 Å². The van der Waals surface area contributed by atoms with Crippen LogP contribution in [-0.4, -0.2) is 22.6 Å². The molecule has 0 saturated heterocycles. The van der Waals surface area contributed by atoms with Gasteiger partial charge in [0.2, 0.25) is 0 Å². The van der Waals surface area contributed by atoms with Gasteiger partial charge in [-0.1, -0.05) is 30.3 Å². The molecule has 0 aliphatic carbocycles. The van der Waals surface area contributed by atoms with Crippen molar-refractivity contribution in [2.75, 3.05) is 6.61 Å². The number of pyridine rings is 1. The van der Waals surface area contributed by atoms with E-state index in [1.807, 2.05) is 30.3 Å². The van der Waals surface area contributed by atoms with Gasteiger partial charge in [-0.15, -0.1) is 0 Å². The van der Waals surface area contributed by atoms with Crippen molar-refractivity contribution < 1.29 is 9.90 Å². The molecule has 0 aliphatic rings. The molecule has 1 atom stereocenters. The Bertz CT molecular complexity index is 560. The van der Waals surface area contributed by atoms with Crippen molar-refractivity contribution in [2.45, 2.75) is 6.04 Å². The minimum absolute atomic E-state index is 0.154. The molecule has 4 nitrogen and oxygen atoms in total. The average molecular weight is 321 g/mol. The summed E-state index contributed by atoms with van der Waals surface area (Å²) in [5.41, 5.74) is 1.35. The first-order valence-corrected chi connectivity index (χ1v) is 6.58. The highest BCUT2D eigenvalue weighted by molar-refractivity contribution is 9.10. The van der Waals surface area contributed by atoms with Gasteiger partial charge in [0.25, 0.3) is 5.91 Å². The zero-order valence-electron chi connectivity index (χ0n) is 10.1. The number of amides is 1. The van der Waals surface area contributed by atoms with Crippen LogP contribution in [-0.2, 0) is 0 Å². The summed E-state index contributed by atoms with van der Waals surface area (Å²) < 4.78 is 0.622. The highest BCUT2D eigenvalue weighted by atomic mass is 79.9. The fourth-order valence-corrected chi connectivity index (χ4v) is 2.15. The Labute approximate surface area is 119 Å². The molecule has 98 valence electrons. The summed E-state index contributed by atoms with van der Waals surface area (Å²) in [6.45, 7) is -0.154. The molecule has 2 N–H and O–H groups in total. The summed E-state index contributed by atoms with van der Waals surface area (Å²) in [6.07, 6.45) is 3.11. The molecule has 19 heavy (non-hydrogen) atoms. The second kappa shape index (κ2) is 6.45. The number of nitrogens with zero attached hydrogens (tertiary/aromatic N) is 1. The molecular weight excluding hydrogens is 308 g/mol. The number of carbonyl (C=O) groups is 1. The first kappa shape index (κ1) is 13.7. The van der Waals surface area contributed by atoms with Gasteiger partial charge in [-0.2, -0.15) is 0 Å². The molecule has 2 rings (SSSR count). The minimum Gasteiger partial charge on any atom is -0.394 e. The van der Waals surface area contributed by atoms with Crippen molar-refractivity contribution in [2.24, 2.45) is 0 Å². The number of benzene rings is 1. The lowest BCUT2D eigenvalue weighted by atomic mass is 10.1. The van der Waals surface area contributed by atoms with Crippen LogP contribution in [0.25, 0.3) is 0 Å². The van der Waals surface area contributed by atoms with E-state index in [2.05, 4.69) is 26.2 Å². The second-order valence-electron chi connectivity index (χ2n) is 3.97. The number of rotatable bonds is 4. The van der Waals surface area contributed by atoms with Crippen LogP contribution in [0.2, 0.25) is 0 Å². The maximum Gasteiger partial charge on any atom is 0.253 e. The molecule has 0 saturated carbocycles. The number of aliphatic hydroxyl groups excluding tert-OH is 1. The zero-order valence-corrected chi connectivity index (χ0v) is 11.7. The molecule has 2 aromatic rings. The summed E-state index contributed by atoms with van der Waals surface area (Å²) in [4.78, 5) is 16.0. The molecule has 1 amide bonds. The van der Waals surface area contributed by atoms with E-state index in [1.165, 1.54) is 0 Å². The Morgan fingerprint density at radius 3 is 2.68 bits per heavy atom. The van der Waals surface area contributed by atoms with E-state index in [9.17, 15) is 9.90 Å². The molecule has 1 aromatic heterocycles. The van der Waals surface area contributed by atoms with Gasteiger partial charge >= 0.3 is 0 Å². The van der Waals surface area contributed by atoms with Crippen LogP contribution in [0.3, 0.4) is 0 Å². The first-order chi connectivity index (χ1) is 9.22. The lowest BCUT2D eigenvalue weighted by Gasteiger charge is -2.17. The van der Waals surface area contributed by atoms with Crippen molar-refractivity contribution in [1.82, 2.24) is 10.3 Å². The molecule has 0 radical (unpaired) electrons. The molecular formula is C14H13BrN2O2. The van der Waals surface area contributed by atoms with Crippen LogP contribution in [0.15, 0.2) is 53.3 Å². The van der Waals surface area contributed by atoms with Gasteiger partial charge in [-0.3, -0.25) is 9.78 Å². The van der Waals surface area contributed by atoms with Crippen LogP contribution < -0.4 is 5.32 Å². The Balaban J connectivity index is 2.16. The highest BCUT2D eigenvalue weighted by Crippen LogP contribution is 2.17. The summed E-state index contributed by atoms with van der Waals surface area (Å²) in [5.74, 6) is -0.253. The summed E-state index contributed by atoms with van der Waals surface area (Å²) in [5, 5.41) is 12.2. The summed E-state index contributed by atoms with van der Waals surface area (Å²) in [7, 11) is 0. The van der Waals surface area contributed by atoms with Gasteiger partial charge in [0.1, 0.15) is 0 Å². The van der Waals surface area contributed by atoms with Crippen LogP contribution >= 0.6 is 15.9 Å². The number of aliphatic hydroxyl groups is 1. The molecule has 1 heterocycles. The second-order valence-corrected chi connectivity index (χ2v) is 4.83. The lowest BCUT2D eigenvalue weighted by molar-refractivity contribution is 0.0915. The molecule has 5 heteroatoms. The molecule has 1 aromatic carbocycles. The van der Waals surface area contributed by atoms with Crippen molar-refractivity contribution in [3.63, 3.8) is 0 Å². The summed E-state index contributed by atoms with van der Waals surface area (Å²) >= 11 is 3.28. The Morgan fingerprint density at radius 2 is 2.05 bits per heavy atom. The van der Waals surface area contributed by atoms with E-state index in [-0.39, 0.29) is 12.5 Å². The van der Waals surface area contributed by atoms with Gasteiger partial charge in [0, 0.05) is 16.9 Å². The molecule has 0 aliphatic heterocycles. The average Bonchev–Trinajstić information content (AvgIpc) is 2.46. The van der Waals surface area contributed by atoms with E-state index in [0.717, 1.165) is 5.56 Å². The zero-order chi connectivity index (χ0) is 13.7. The van der Waals surface area contributed by atoms with Gasteiger partial charge in [-0.25, -0.2) is 0 Å². The normalized spacial score (nSPS) is 11.9. The first-order valence-electron chi connectivity index (χ1n) is 5.78. The lowest BCUT2D eigenvalue weighted by Crippen LogP contribution is -2.31. The molecule has 0 unspecified atom stereocenters. The van der Waals surface area contributed by atoms with Crippen molar-refractivity contribution in [1.29, 1.82) is 0 Å². The standard InChI is InChI=1S/C14H13BrN2O2/c15-12-8-16-7-6-11(12)14(19)17-13(9-18)10-4-2-1-3-5-10/h1-8,13,18H,9H2,(H,17,19)/t13-/m1/s1. The van der Waals surface area contributed by atoms with Gasteiger partial charge < -0.3 is 10.4 Å². The monoisotopic (exact) mass is 320 g/mol. The van der Waals surface area contributed by atoms with E-state index >= 15 is 0 Å². The van der Waals surface area contributed by atoms with Crippen LogP contribution in [0, 0.1) is 0 Å². The third-order valence-corrected chi connectivity index (χ3v) is 3.34. The van der Waals surface area contributed by atoms with Gasteiger partial charge in [0.05, 0.1) is 18.2 Å².